The second kappa shape index (κ2) is 7.98. The maximum atomic E-state index is 14.1. The van der Waals surface area contributed by atoms with Gasteiger partial charge in [-0.1, -0.05) is 12.1 Å². The van der Waals surface area contributed by atoms with E-state index in [0.29, 0.717) is 34.8 Å². The summed E-state index contributed by atoms with van der Waals surface area (Å²) < 4.78 is 25.8. The molecule has 7 nitrogen and oxygen atoms in total. The zero-order chi connectivity index (χ0) is 21.3. The molecule has 0 amide bonds. The maximum Gasteiger partial charge on any atom is 0.166 e. The van der Waals surface area contributed by atoms with Gasteiger partial charge in [0.05, 0.1) is 17.0 Å². The molecule has 0 saturated carbocycles. The fourth-order valence-electron chi connectivity index (χ4n) is 3.56. The Hall–Kier alpha value is -3.68. The summed E-state index contributed by atoms with van der Waals surface area (Å²) in [5.74, 6) is 0.854. The summed E-state index contributed by atoms with van der Waals surface area (Å²) >= 11 is 0. The van der Waals surface area contributed by atoms with E-state index in [4.69, 9.17) is 25.7 Å². The number of aryl methyl sites for hydroxylation is 1. The largest absolute Gasteiger partial charge is 0.482 e. The topological polar surface area (TPSA) is 113 Å². The van der Waals surface area contributed by atoms with Gasteiger partial charge in [-0.15, -0.1) is 0 Å². The summed E-state index contributed by atoms with van der Waals surface area (Å²) in [6.45, 7) is 4.05. The maximum absolute atomic E-state index is 14.1. The predicted molar refractivity (Wildman–Crippen MR) is 113 cm³/mol. The lowest BCUT2D eigenvalue weighted by molar-refractivity contribution is 0.227. The number of pyridine rings is 1. The van der Waals surface area contributed by atoms with Crippen LogP contribution in [0.2, 0.25) is 0 Å². The van der Waals surface area contributed by atoms with Gasteiger partial charge < -0.3 is 20.7 Å². The van der Waals surface area contributed by atoms with Gasteiger partial charge in [-0.3, -0.25) is 4.99 Å². The van der Waals surface area contributed by atoms with Gasteiger partial charge in [-0.05, 0) is 49.9 Å². The van der Waals surface area contributed by atoms with Crippen LogP contribution in [0.25, 0.3) is 11.1 Å². The molecule has 3 aromatic rings. The zero-order valence-electron chi connectivity index (χ0n) is 16.7. The van der Waals surface area contributed by atoms with Crippen LogP contribution >= 0.6 is 0 Å². The first-order valence-corrected chi connectivity index (χ1v) is 9.64. The van der Waals surface area contributed by atoms with Crippen molar-refractivity contribution in [2.45, 2.75) is 32.9 Å². The highest BCUT2D eigenvalue weighted by Crippen LogP contribution is 2.36. The van der Waals surface area contributed by atoms with Gasteiger partial charge in [0.1, 0.15) is 18.5 Å². The number of hydrogen-bond acceptors (Lipinski definition) is 7. The number of fused-ring (bicyclic) bond motifs is 5. The van der Waals surface area contributed by atoms with Crippen LogP contribution in [0.5, 0.6) is 5.75 Å². The molecule has 1 aromatic carbocycles. The summed E-state index contributed by atoms with van der Waals surface area (Å²) in [5.41, 5.74) is 16.0. The van der Waals surface area contributed by atoms with E-state index < -0.39 is 6.10 Å². The van der Waals surface area contributed by atoms with E-state index in [2.05, 4.69) is 10.1 Å². The number of hydrogen-bond donors (Lipinski definition) is 2. The van der Waals surface area contributed by atoms with Crippen molar-refractivity contribution < 1.29 is 13.7 Å². The fourth-order valence-corrected chi connectivity index (χ4v) is 3.56. The molecule has 3 heterocycles. The van der Waals surface area contributed by atoms with Gasteiger partial charge >= 0.3 is 0 Å². The van der Waals surface area contributed by atoms with E-state index in [0.717, 1.165) is 16.8 Å². The minimum Gasteiger partial charge on any atom is -0.482 e. The summed E-state index contributed by atoms with van der Waals surface area (Å²) in [7, 11) is 0. The number of nitrogen functional groups attached to an aromatic ring is 1. The standard InChI is InChI=1S/C22H22FN5O2/c1-3-17-21-13-8-19(22(25)27-10-13)29-12(2)16-9-14(23)4-5-15(16)18(6-7-24)26-11-20(21)30-28-17/h4-10,12H,3,11,24H2,1-2H3,(H2,25,27)/t12-/m1/s1. The Morgan fingerprint density at radius 2 is 2.13 bits per heavy atom. The van der Waals surface area contributed by atoms with Crippen LogP contribution in [0.1, 0.15) is 42.5 Å². The van der Waals surface area contributed by atoms with Crippen LogP contribution in [0.3, 0.4) is 0 Å². The number of aromatic nitrogens is 2. The number of nitrogens with zero attached hydrogens (tertiary/aromatic N) is 3. The smallest absolute Gasteiger partial charge is 0.166 e. The van der Waals surface area contributed by atoms with Crippen molar-refractivity contribution in [1.29, 1.82) is 0 Å². The van der Waals surface area contributed by atoms with Gasteiger partial charge in [0.15, 0.2) is 17.3 Å². The van der Waals surface area contributed by atoms with Crippen LogP contribution < -0.4 is 16.2 Å². The molecule has 1 aliphatic rings. The monoisotopic (exact) mass is 407 g/mol. The second-order valence-electron chi connectivity index (χ2n) is 6.94. The van der Waals surface area contributed by atoms with E-state index in [1.165, 1.54) is 18.3 Å². The Labute approximate surface area is 173 Å². The molecule has 0 unspecified atom stereocenters. The summed E-state index contributed by atoms with van der Waals surface area (Å²) in [6, 6.07) is 6.27. The van der Waals surface area contributed by atoms with Crippen molar-refractivity contribution in [2.24, 2.45) is 10.7 Å². The SMILES string of the molecule is CCc1noc2c1-c1cnc(N)c(c1)O[C@H](C)c1cc(F)ccc1C(C=CN)=NC2. The molecule has 2 bridgehead atoms. The van der Waals surface area contributed by atoms with Crippen LogP contribution in [0, 0.1) is 5.82 Å². The number of aliphatic imine (C=N–C) groups is 1. The zero-order valence-corrected chi connectivity index (χ0v) is 16.7. The van der Waals surface area contributed by atoms with Gasteiger partial charge in [-0.25, -0.2) is 9.37 Å². The summed E-state index contributed by atoms with van der Waals surface area (Å²) in [5, 5.41) is 4.19. The molecule has 4 N–H and O–H groups in total. The van der Waals surface area contributed by atoms with E-state index in [-0.39, 0.29) is 18.2 Å². The van der Waals surface area contributed by atoms with E-state index in [9.17, 15) is 4.39 Å². The lowest BCUT2D eigenvalue weighted by Crippen LogP contribution is -2.13. The molecule has 2 aromatic heterocycles. The molecule has 0 spiro atoms. The molecular formula is C22H22FN5O2. The molecule has 0 aliphatic carbocycles. The van der Waals surface area contributed by atoms with Gasteiger partial charge in [0.25, 0.3) is 0 Å². The number of allylic oxidation sites excluding steroid dienone is 1. The number of anilines is 1. The first-order valence-electron chi connectivity index (χ1n) is 9.64. The number of halogens is 1. The number of benzene rings is 1. The first kappa shape index (κ1) is 19.6. The van der Waals surface area contributed by atoms with Gasteiger partial charge in [-0.2, -0.15) is 0 Å². The fraction of sp³-hybridized carbons (Fsp3) is 0.227. The molecular weight excluding hydrogens is 385 g/mol. The lowest BCUT2D eigenvalue weighted by atomic mass is 9.98. The Kier molecular flexibility index (Phi) is 5.22. The van der Waals surface area contributed by atoms with E-state index in [1.807, 2.05) is 13.8 Å². The first-order chi connectivity index (χ1) is 14.5. The van der Waals surface area contributed by atoms with E-state index in [1.54, 1.807) is 24.4 Å². The number of nitrogens with two attached hydrogens (primary N) is 2. The molecule has 1 atom stereocenters. The highest BCUT2D eigenvalue weighted by Gasteiger charge is 2.22. The lowest BCUT2D eigenvalue weighted by Gasteiger charge is -2.20. The average Bonchev–Trinajstić information content (AvgIpc) is 3.15. The Morgan fingerprint density at radius 3 is 2.90 bits per heavy atom. The third kappa shape index (κ3) is 3.52. The average molecular weight is 407 g/mol. The quantitative estimate of drug-likeness (QED) is 0.665. The highest BCUT2D eigenvalue weighted by atomic mass is 19.1. The van der Waals surface area contributed by atoms with Crippen LogP contribution in [0.15, 0.2) is 52.3 Å². The summed E-state index contributed by atoms with van der Waals surface area (Å²) in [4.78, 5) is 8.97. The molecule has 0 fully saturated rings. The van der Waals surface area contributed by atoms with Crippen LogP contribution in [-0.2, 0) is 13.0 Å². The third-order valence-electron chi connectivity index (χ3n) is 5.02. The van der Waals surface area contributed by atoms with Crippen LogP contribution in [0.4, 0.5) is 10.2 Å². The second-order valence-corrected chi connectivity index (χ2v) is 6.94. The minimum atomic E-state index is -0.515. The number of ether oxygens (including phenoxy) is 1. The van der Waals surface area contributed by atoms with Crippen molar-refractivity contribution in [2.75, 3.05) is 5.73 Å². The Morgan fingerprint density at radius 1 is 1.30 bits per heavy atom. The molecule has 0 saturated heterocycles. The van der Waals surface area contributed by atoms with Crippen molar-refractivity contribution in [3.8, 4) is 16.9 Å². The van der Waals surface area contributed by atoms with Crippen molar-refractivity contribution in [3.05, 3.63) is 71.1 Å². The van der Waals surface area contributed by atoms with Crippen LogP contribution in [-0.4, -0.2) is 15.9 Å². The van der Waals surface area contributed by atoms with Crippen molar-refractivity contribution in [3.63, 3.8) is 0 Å². The van der Waals surface area contributed by atoms with E-state index >= 15 is 0 Å². The molecule has 4 rings (SSSR count). The number of rotatable bonds is 2. The summed E-state index contributed by atoms with van der Waals surface area (Å²) in [6.07, 6.45) is 4.88. The normalized spacial score (nSPS) is 16.1. The van der Waals surface area contributed by atoms with Crippen molar-refractivity contribution in [1.82, 2.24) is 10.1 Å². The minimum absolute atomic E-state index is 0.230. The van der Waals surface area contributed by atoms with Gasteiger partial charge in [0, 0.05) is 22.9 Å². The Bertz CT molecular complexity index is 1150. The molecule has 8 heteroatoms. The molecule has 0 radical (unpaired) electrons. The van der Waals surface area contributed by atoms with Crippen molar-refractivity contribution >= 4 is 11.5 Å². The Balaban J connectivity index is 1.98. The molecule has 30 heavy (non-hydrogen) atoms. The molecule has 1 aliphatic heterocycles. The third-order valence-corrected chi connectivity index (χ3v) is 5.02. The van der Waals surface area contributed by atoms with Gasteiger partial charge in [0.2, 0.25) is 0 Å². The highest BCUT2D eigenvalue weighted by molar-refractivity contribution is 6.09. The predicted octanol–water partition coefficient (Wildman–Crippen LogP) is 3.94. The molecule has 154 valence electrons.